The van der Waals surface area contributed by atoms with Crippen molar-refractivity contribution in [3.63, 3.8) is 0 Å². The number of carbonyl (C=O) groups is 1. The van der Waals surface area contributed by atoms with Gasteiger partial charge >= 0.3 is 0 Å². The Morgan fingerprint density at radius 3 is 2.92 bits per heavy atom. The van der Waals surface area contributed by atoms with Crippen LogP contribution in [0.15, 0.2) is 43.0 Å². The van der Waals surface area contributed by atoms with E-state index in [9.17, 15) is 4.79 Å². The van der Waals surface area contributed by atoms with Crippen molar-refractivity contribution in [1.29, 1.82) is 0 Å². The minimum absolute atomic E-state index is 0.193. The number of piperidine rings is 1. The van der Waals surface area contributed by atoms with Gasteiger partial charge in [-0.1, -0.05) is 18.2 Å². The van der Waals surface area contributed by atoms with Crippen molar-refractivity contribution in [2.45, 2.75) is 39.2 Å². The van der Waals surface area contributed by atoms with Gasteiger partial charge in [0.05, 0.1) is 24.3 Å². The molecule has 4 rings (SSSR count). The molecule has 2 aromatic heterocycles. The van der Waals surface area contributed by atoms with Gasteiger partial charge in [0.2, 0.25) is 5.91 Å². The Hall–Kier alpha value is -2.69. The molecule has 1 saturated heterocycles. The molecule has 0 unspecified atom stereocenters. The van der Waals surface area contributed by atoms with Crippen molar-refractivity contribution >= 4 is 16.8 Å². The standard InChI is InChI=1S/C21H24N4O/c1-15-18-7-3-4-8-20(18)23-16(2)19(15)12-21(26)24-10-5-6-17(13-24)25-11-9-22-14-25/h3-4,7-9,11,14,17H,5-6,10,12-13H2,1-2H3/t17-/m1/s1. The number of para-hydroxylation sites is 1. The van der Waals surface area contributed by atoms with Gasteiger partial charge in [0, 0.05) is 36.6 Å². The summed E-state index contributed by atoms with van der Waals surface area (Å²) in [5, 5.41) is 1.14. The van der Waals surface area contributed by atoms with Crippen LogP contribution in [0.4, 0.5) is 0 Å². The van der Waals surface area contributed by atoms with Gasteiger partial charge in [-0.2, -0.15) is 0 Å². The van der Waals surface area contributed by atoms with E-state index in [1.54, 1.807) is 6.20 Å². The molecule has 0 spiro atoms. The summed E-state index contributed by atoms with van der Waals surface area (Å²) in [7, 11) is 0. The zero-order valence-corrected chi connectivity index (χ0v) is 15.4. The van der Waals surface area contributed by atoms with Gasteiger partial charge in [0.15, 0.2) is 0 Å². The molecule has 1 aliphatic rings. The predicted octanol–water partition coefficient (Wildman–Crippen LogP) is 3.45. The van der Waals surface area contributed by atoms with E-state index < -0.39 is 0 Å². The monoisotopic (exact) mass is 348 g/mol. The maximum absolute atomic E-state index is 13.0. The Morgan fingerprint density at radius 1 is 1.27 bits per heavy atom. The van der Waals surface area contributed by atoms with E-state index in [1.165, 1.54) is 5.56 Å². The third-order valence-electron chi connectivity index (χ3n) is 5.51. The number of amides is 1. The van der Waals surface area contributed by atoms with E-state index in [0.717, 1.165) is 48.1 Å². The zero-order valence-electron chi connectivity index (χ0n) is 15.4. The molecule has 26 heavy (non-hydrogen) atoms. The van der Waals surface area contributed by atoms with Crippen LogP contribution in [0.1, 0.15) is 35.7 Å². The van der Waals surface area contributed by atoms with Crippen molar-refractivity contribution in [3.8, 4) is 0 Å². The normalized spacial score (nSPS) is 17.6. The number of rotatable bonds is 3. The van der Waals surface area contributed by atoms with Gasteiger partial charge in [-0.15, -0.1) is 0 Å². The summed E-state index contributed by atoms with van der Waals surface area (Å²) in [4.78, 5) is 23.8. The highest BCUT2D eigenvalue weighted by atomic mass is 16.2. The van der Waals surface area contributed by atoms with Crippen LogP contribution in [0.25, 0.3) is 10.9 Å². The number of hydrogen-bond acceptors (Lipinski definition) is 3. The Kier molecular flexibility index (Phi) is 4.45. The molecule has 1 aliphatic heterocycles. The van der Waals surface area contributed by atoms with Crippen LogP contribution >= 0.6 is 0 Å². The topological polar surface area (TPSA) is 51.0 Å². The van der Waals surface area contributed by atoms with Gasteiger partial charge in [-0.05, 0) is 43.9 Å². The van der Waals surface area contributed by atoms with E-state index in [2.05, 4.69) is 22.5 Å². The maximum Gasteiger partial charge on any atom is 0.227 e. The lowest BCUT2D eigenvalue weighted by Gasteiger charge is -2.33. The molecule has 1 atom stereocenters. The summed E-state index contributed by atoms with van der Waals surface area (Å²) in [6, 6.07) is 8.47. The Morgan fingerprint density at radius 2 is 2.12 bits per heavy atom. The van der Waals surface area contributed by atoms with Gasteiger partial charge in [-0.25, -0.2) is 4.98 Å². The number of pyridine rings is 1. The van der Waals surface area contributed by atoms with Gasteiger partial charge in [0.1, 0.15) is 0 Å². The number of hydrogen-bond donors (Lipinski definition) is 0. The zero-order chi connectivity index (χ0) is 18.1. The van der Waals surface area contributed by atoms with Gasteiger partial charge in [-0.3, -0.25) is 9.78 Å². The van der Waals surface area contributed by atoms with E-state index in [0.29, 0.717) is 12.5 Å². The molecule has 0 bridgehead atoms. The fraction of sp³-hybridized carbons (Fsp3) is 0.381. The van der Waals surface area contributed by atoms with Crippen LogP contribution in [-0.2, 0) is 11.2 Å². The molecular weight excluding hydrogens is 324 g/mol. The molecule has 5 nitrogen and oxygen atoms in total. The second-order valence-corrected chi connectivity index (χ2v) is 7.14. The average molecular weight is 348 g/mol. The van der Waals surface area contributed by atoms with E-state index in [-0.39, 0.29) is 5.91 Å². The summed E-state index contributed by atoms with van der Waals surface area (Å²) in [5.74, 6) is 0.193. The number of carbonyl (C=O) groups excluding carboxylic acids is 1. The fourth-order valence-corrected chi connectivity index (χ4v) is 4.00. The largest absolute Gasteiger partial charge is 0.340 e. The Labute approximate surface area is 153 Å². The molecule has 3 heterocycles. The van der Waals surface area contributed by atoms with Crippen LogP contribution in [-0.4, -0.2) is 38.4 Å². The lowest BCUT2D eigenvalue weighted by molar-refractivity contribution is -0.132. The first-order chi connectivity index (χ1) is 12.6. The molecule has 1 fully saturated rings. The minimum Gasteiger partial charge on any atom is -0.340 e. The highest BCUT2D eigenvalue weighted by Crippen LogP contribution is 2.25. The van der Waals surface area contributed by atoms with E-state index in [1.807, 2.05) is 42.5 Å². The van der Waals surface area contributed by atoms with Crippen LogP contribution in [0.3, 0.4) is 0 Å². The molecule has 0 aliphatic carbocycles. The second-order valence-electron chi connectivity index (χ2n) is 7.14. The number of imidazole rings is 1. The third kappa shape index (κ3) is 3.09. The Balaban J connectivity index is 1.55. The number of fused-ring (bicyclic) bond motifs is 1. The second kappa shape index (κ2) is 6.90. The molecule has 3 aromatic rings. The summed E-state index contributed by atoms with van der Waals surface area (Å²) >= 11 is 0. The van der Waals surface area contributed by atoms with Crippen LogP contribution < -0.4 is 0 Å². The quantitative estimate of drug-likeness (QED) is 0.728. The molecule has 134 valence electrons. The third-order valence-corrected chi connectivity index (χ3v) is 5.51. The van der Waals surface area contributed by atoms with Crippen molar-refractivity contribution in [2.24, 2.45) is 0 Å². The SMILES string of the molecule is Cc1nc2ccccc2c(C)c1CC(=O)N1CCC[C@@H](n2ccnc2)C1. The first-order valence-electron chi connectivity index (χ1n) is 9.23. The molecule has 0 radical (unpaired) electrons. The Bertz CT molecular complexity index is 933. The number of likely N-dealkylation sites (tertiary alicyclic amines) is 1. The highest BCUT2D eigenvalue weighted by molar-refractivity contribution is 5.86. The number of aromatic nitrogens is 3. The lowest BCUT2D eigenvalue weighted by atomic mass is 9.98. The summed E-state index contributed by atoms with van der Waals surface area (Å²) in [6.07, 6.45) is 8.18. The van der Waals surface area contributed by atoms with Crippen LogP contribution in [0.2, 0.25) is 0 Å². The average Bonchev–Trinajstić information content (AvgIpc) is 3.20. The molecule has 0 saturated carbocycles. The lowest BCUT2D eigenvalue weighted by Crippen LogP contribution is -2.41. The van der Waals surface area contributed by atoms with Crippen molar-refractivity contribution in [1.82, 2.24) is 19.4 Å². The molecule has 0 N–H and O–H groups in total. The number of aryl methyl sites for hydroxylation is 2. The van der Waals surface area contributed by atoms with Crippen molar-refractivity contribution in [2.75, 3.05) is 13.1 Å². The summed E-state index contributed by atoms with van der Waals surface area (Å²) in [6.45, 7) is 5.70. The van der Waals surface area contributed by atoms with E-state index in [4.69, 9.17) is 4.98 Å². The van der Waals surface area contributed by atoms with Crippen LogP contribution in [0.5, 0.6) is 0 Å². The van der Waals surface area contributed by atoms with Crippen molar-refractivity contribution in [3.05, 3.63) is 59.8 Å². The van der Waals surface area contributed by atoms with Crippen LogP contribution in [0, 0.1) is 13.8 Å². The summed E-state index contributed by atoms with van der Waals surface area (Å²) < 4.78 is 2.12. The molecule has 1 aromatic carbocycles. The number of benzene rings is 1. The molecule has 5 heteroatoms. The number of nitrogens with zero attached hydrogens (tertiary/aromatic N) is 4. The maximum atomic E-state index is 13.0. The molecular formula is C21H24N4O. The predicted molar refractivity (Wildman–Crippen MR) is 102 cm³/mol. The first-order valence-corrected chi connectivity index (χ1v) is 9.23. The van der Waals surface area contributed by atoms with Crippen molar-refractivity contribution < 1.29 is 4.79 Å². The van der Waals surface area contributed by atoms with E-state index >= 15 is 0 Å². The minimum atomic E-state index is 0.193. The molecule has 1 amide bonds. The first kappa shape index (κ1) is 16.8. The van der Waals surface area contributed by atoms with Gasteiger partial charge < -0.3 is 9.47 Å². The fourth-order valence-electron chi connectivity index (χ4n) is 4.00. The van der Waals surface area contributed by atoms with Gasteiger partial charge in [0.25, 0.3) is 0 Å². The smallest absolute Gasteiger partial charge is 0.227 e. The summed E-state index contributed by atoms with van der Waals surface area (Å²) in [5.41, 5.74) is 4.19. The highest BCUT2D eigenvalue weighted by Gasteiger charge is 2.25.